The molecule has 2 rings (SSSR count). The molecule has 6 nitrogen and oxygen atoms in total. The topological polar surface area (TPSA) is 76.3 Å². The molecule has 0 spiro atoms. The molecule has 0 atom stereocenters. The maximum absolute atomic E-state index is 5.56. The van der Waals surface area contributed by atoms with Crippen LogP contribution in [0.2, 0.25) is 0 Å². The van der Waals surface area contributed by atoms with E-state index in [9.17, 15) is 0 Å². The molecule has 6 heteroatoms. The zero-order chi connectivity index (χ0) is 13.7. The molecule has 106 valence electrons. The molecule has 1 aromatic rings. The van der Waals surface area contributed by atoms with Gasteiger partial charge in [0.2, 0.25) is 0 Å². The lowest BCUT2D eigenvalue weighted by Crippen LogP contribution is -2.29. The first kappa shape index (κ1) is 14.0. The van der Waals surface area contributed by atoms with Crippen LogP contribution in [0.5, 0.6) is 0 Å². The van der Waals surface area contributed by atoms with E-state index >= 15 is 0 Å². The summed E-state index contributed by atoms with van der Waals surface area (Å²) in [6.07, 6.45) is 2.92. The number of anilines is 2. The first-order valence-electron chi connectivity index (χ1n) is 6.93. The molecule has 1 fully saturated rings. The summed E-state index contributed by atoms with van der Waals surface area (Å²) < 4.78 is 5.49. The minimum Gasteiger partial charge on any atom is -0.380 e. The second-order valence-corrected chi connectivity index (χ2v) is 4.78. The van der Waals surface area contributed by atoms with Gasteiger partial charge in [-0.05, 0) is 19.8 Å². The smallest absolute Gasteiger partial charge is 0.148 e. The molecule has 0 aromatic carbocycles. The highest BCUT2D eigenvalue weighted by molar-refractivity contribution is 5.58. The molecule has 0 saturated carbocycles. The maximum atomic E-state index is 5.56. The van der Waals surface area contributed by atoms with Crippen molar-refractivity contribution < 1.29 is 4.74 Å². The van der Waals surface area contributed by atoms with Crippen molar-refractivity contribution in [3.63, 3.8) is 0 Å². The van der Waals surface area contributed by atoms with Crippen LogP contribution in [0, 0.1) is 6.92 Å². The average Bonchev–Trinajstić information content (AvgIpc) is 2.69. The van der Waals surface area contributed by atoms with Gasteiger partial charge in [0.1, 0.15) is 17.5 Å². The Balaban J connectivity index is 2.32. The highest BCUT2D eigenvalue weighted by Crippen LogP contribution is 2.24. The van der Waals surface area contributed by atoms with Crippen molar-refractivity contribution in [2.24, 2.45) is 5.84 Å². The number of nitrogens with one attached hydrogen (secondary N) is 1. The van der Waals surface area contributed by atoms with Gasteiger partial charge >= 0.3 is 0 Å². The summed E-state index contributed by atoms with van der Waals surface area (Å²) in [6, 6.07) is 0. The lowest BCUT2D eigenvalue weighted by molar-refractivity contribution is 0.152. The second-order valence-electron chi connectivity index (χ2n) is 4.78. The molecule has 0 aliphatic carbocycles. The van der Waals surface area contributed by atoms with Gasteiger partial charge < -0.3 is 15.1 Å². The van der Waals surface area contributed by atoms with E-state index in [1.165, 1.54) is 0 Å². The van der Waals surface area contributed by atoms with Gasteiger partial charge in [-0.2, -0.15) is 0 Å². The van der Waals surface area contributed by atoms with Crippen molar-refractivity contribution in [1.29, 1.82) is 0 Å². The summed E-state index contributed by atoms with van der Waals surface area (Å²) >= 11 is 0. The van der Waals surface area contributed by atoms with Gasteiger partial charge in [0.05, 0.1) is 6.61 Å². The normalized spacial score (nSPS) is 16.3. The molecule has 1 aliphatic rings. The van der Waals surface area contributed by atoms with Crippen LogP contribution in [-0.4, -0.2) is 36.3 Å². The van der Waals surface area contributed by atoms with Gasteiger partial charge in [0.15, 0.2) is 0 Å². The summed E-state index contributed by atoms with van der Waals surface area (Å²) in [5.74, 6) is 8.11. The Kier molecular flexibility index (Phi) is 4.93. The lowest BCUT2D eigenvalue weighted by atomic mass is 10.2. The fraction of sp³-hybridized carbons (Fsp3) is 0.692. The molecule has 0 unspecified atom stereocenters. The number of nitrogens with zero attached hydrogens (tertiary/aromatic N) is 3. The number of rotatable bonds is 4. The van der Waals surface area contributed by atoms with Gasteiger partial charge in [0.25, 0.3) is 0 Å². The quantitative estimate of drug-likeness (QED) is 0.630. The van der Waals surface area contributed by atoms with Crippen LogP contribution in [-0.2, 0) is 11.2 Å². The molecule has 1 saturated heterocycles. The van der Waals surface area contributed by atoms with Crippen LogP contribution in [0.4, 0.5) is 11.6 Å². The van der Waals surface area contributed by atoms with Crippen LogP contribution < -0.4 is 16.2 Å². The van der Waals surface area contributed by atoms with Crippen LogP contribution in [0.1, 0.15) is 31.2 Å². The monoisotopic (exact) mass is 265 g/mol. The predicted molar refractivity (Wildman–Crippen MR) is 76.2 cm³/mol. The number of aryl methyl sites for hydroxylation is 1. The molecule has 0 radical (unpaired) electrons. The number of hydrogen-bond donors (Lipinski definition) is 2. The molecular formula is C13H23N5O. The molecule has 1 aromatic heterocycles. The Labute approximate surface area is 114 Å². The Hall–Kier alpha value is -1.40. The minimum atomic E-state index is 0.721. The van der Waals surface area contributed by atoms with Gasteiger partial charge in [-0.25, -0.2) is 15.8 Å². The zero-order valence-electron chi connectivity index (χ0n) is 11.8. The molecule has 19 heavy (non-hydrogen) atoms. The van der Waals surface area contributed by atoms with E-state index < -0.39 is 0 Å². The summed E-state index contributed by atoms with van der Waals surface area (Å²) in [5.41, 5.74) is 3.68. The van der Waals surface area contributed by atoms with Crippen molar-refractivity contribution in [3.8, 4) is 0 Å². The fourth-order valence-electron chi connectivity index (χ4n) is 2.29. The van der Waals surface area contributed by atoms with Crippen molar-refractivity contribution in [1.82, 2.24) is 9.97 Å². The van der Waals surface area contributed by atoms with Gasteiger partial charge in [0, 0.05) is 31.7 Å². The van der Waals surface area contributed by atoms with Gasteiger partial charge in [-0.3, -0.25) is 0 Å². The van der Waals surface area contributed by atoms with Crippen molar-refractivity contribution in [2.45, 2.75) is 33.1 Å². The predicted octanol–water partition coefficient (Wildman–Crippen LogP) is 1.25. The molecule has 2 heterocycles. The number of aromatic nitrogens is 2. The number of nitrogen functional groups attached to an aromatic ring is 1. The van der Waals surface area contributed by atoms with E-state index in [0.717, 1.165) is 68.6 Å². The second kappa shape index (κ2) is 6.68. The molecule has 0 amide bonds. The summed E-state index contributed by atoms with van der Waals surface area (Å²) in [4.78, 5) is 11.4. The summed E-state index contributed by atoms with van der Waals surface area (Å²) in [6.45, 7) is 7.54. The third kappa shape index (κ3) is 3.33. The van der Waals surface area contributed by atoms with Gasteiger partial charge in [-0.1, -0.05) is 6.92 Å². The largest absolute Gasteiger partial charge is 0.380 e. The van der Waals surface area contributed by atoms with E-state index in [2.05, 4.69) is 22.2 Å². The molecule has 0 bridgehead atoms. The van der Waals surface area contributed by atoms with E-state index in [-0.39, 0.29) is 0 Å². The van der Waals surface area contributed by atoms with Crippen LogP contribution in [0.25, 0.3) is 0 Å². The van der Waals surface area contributed by atoms with E-state index in [0.29, 0.717) is 0 Å². The summed E-state index contributed by atoms with van der Waals surface area (Å²) in [5, 5.41) is 0. The number of hydrogen-bond acceptors (Lipinski definition) is 6. The SMILES string of the molecule is CCCc1nc(NN)c(C)c(N2CCCOCC2)n1. The highest BCUT2D eigenvalue weighted by atomic mass is 16.5. The zero-order valence-corrected chi connectivity index (χ0v) is 11.8. The van der Waals surface area contributed by atoms with Gasteiger partial charge in [-0.15, -0.1) is 0 Å². The number of hydrazine groups is 1. The molecule has 1 aliphatic heterocycles. The molecular weight excluding hydrogens is 242 g/mol. The standard InChI is InChI=1S/C13H23N5O/c1-3-5-11-15-12(17-14)10(2)13(16-11)18-6-4-8-19-9-7-18/h3-9,14H2,1-2H3,(H,15,16,17). The summed E-state index contributed by atoms with van der Waals surface area (Å²) in [7, 11) is 0. The van der Waals surface area contributed by atoms with Crippen LogP contribution in [0.3, 0.4) is 0 Å². The first-order valence-corrected chi connectivity index (χ1v) is 6.93. The Morgan fingerprint density at radius 1 is 1.32 bits per heavy atom. The highest BCUT2D eigenvalue weighted by Gasteiger charge is 2.17. The van der Waals surface area contributed by atoms with Crippen LogP contribution in [0.15, 0.2) is 0 Å². The van der Waals surface area contributed by atoms with Crippen LogP contribution >= 0.6 is 0 Å². The van der Waals surface area contributed by atoms with Crippen molar-refractivity contribution in [2.75, 3.05) is 36.6 Å². The molecule has 3 N–H and O–H groups in total. The maximum Gasteiger partial charge on any atom is 0.148 e. The first-order chi connectivity index (χ1) is 9.26. The Morgan fingerprint density at radius 3 is 2.89 bits per heavy atom. The number of ether oxygens (including phenoxy) is 1. The average molecular weight is 265 g/mol. The third-order valence-corrected chi connectivity index (χ3v) is 3.30. The minimum absolute atomic E-state index is 0.721. The fourth-order valence-corrected chi connectivity index (χ4v) is 2.29. The van der Waals surface area contributed by atoms with E-state index in [4.69, 9.17) is 15.6 Å². The van der Waals surface area contributed by atoms with Crippen molar-refractivity contribution in [3.05, 3.63) is 11.4 Å². The Morgan fingerprint density at radius 2 is 2.16 bits per heavy atom. The van der Waals surface area contributed by atoms with E-state index in [1.54, 1.807) is 0 Å². The third-order valence-electron chi connectivity index (χ3n) is 3.30. The number of nitrogens with two attached hydrogens (primary N) is 1. The Bertz CT molecular complexity index is 416. The van der Waals surface area contributed by atoms with Crippen molar-refractivity contribution >= 4 is 11.6 Å². The lowest BCUT2D eigenvalue weighted by Gasteiger charge is -2.24. The van der Waals surface area contributed by atoms with E-state index in [1.807, 2.05) is 6.92 Å².